The maximum absolute atomic E-state index is 10.0. The van der Waals surface area contributed by atoms with Gasteiger partial charge in [-0.25, -0.2) is 4.68 Å². The fourth-order valence-electron chi connectivity index (χ4n) is 2.51. The van der Waals surface area contributed by atoms with Crippen LogP contribution >= 0.6 is 27.3 Å². The quantitative estimate of drug-likeness (QED) is 0.598. The first-order valence-electron chi connectivity index (χ1n) is 7.96. The van der Waals surface area contributed by atoms with Crippen molar-refractivity contribution in [3.8, 4) is 28.5 Å². The van der Waals surface area contributed by atoms with Gasteiger partial charge in [0.2, 0.25) is 4.80 Å². The maximum Gasteiger partial charge on any atom is 0.205 e. The number of ether oxygens (including phenoxy) is 2. The Kier molecular flexibility index (Phi) is 5.98. The van der Waals surface area contributed by atoms with Gasteiger partial charge < -0.3 is 14.6 Å². The number of aromatic hydroxyl groups is 1. The van der Waals surface area contributed by atoms with Crippen LogP contribution in [0.3, 0.4) is 0 Å². The Morgan fingerprint density at radius 3 is 2.67 bits per heavy atom. The molecule has 0 atom stereocenters. The molecule has 6 nitrogen and oxygen atoms in total. The molecule has 140 valence electrons. The zero-order chi connectivity index (χ0) is 19.4. The molecule has 0 aliphatic heterocycles. The number of nitrogens with zero attached hydrogens (tertiary/aromatic N) is 3. The van der Waals surface area contributed by atoms with Crippen molar-refractivity contribution in [2.45, 2.75) is 0 Å². The van der Waals surface area contributed by atoms with Crippen molar-refractivity contribution in [1.29, 1.82) is 0 Å². The monoisotopic (exact) mass is 447 g/mol. The molecule has 0 radical (unpaired) electrons. The minimum absolute atomic E-state index is 0.147. The van der Waals surface area contributed by atoms with Gasteiger partial charge in [0.25, 0.3) is 0 Å². The fourth-order valence-corrected chi connectivity index (χ4v) is 3.68. The third kappa shape index (κ3) is 4.06. The van der Waals surface area contributed by atoms with E-state index < -0.39 is 0 Å². The number of halogens is 1. The first-order valence-corrected chi connectivity index (χ1v) is 9.63. The summed E-state index contributed by atoms with van der Waals surface area (Å²) >= 11 is 4.86. The van der Waals surface area contributed by atoms with E-state index in [4.69, 9.17) is 9.47 Å². The summed E-state index contributed by atoms with van der Waals surface area (Å²) in [6, 6.07) is 10.8. The molecule has 0 bridgehead atoms. The summed E-state index contributed by atoms with van der Waals surface area (Å²) in [7, 11) is 4.95. The number of rotatable bonds is 5. The number of methoxy groups -OCH3 is 2. The van der Waals surface area contributed by atoms with Gasteiger partial charge in [-0.2, -0.15) is 5.10 Å². The minimum Gasteiger partial charge on any atom is -0.507 e. The predicted molar refractivity (Wildman–Crippen MR) is 111 cm³/mol. The summed E-state index contributed by atoms with van der Waals surface area (Å²) < 4.78 is 13.4. The Bertz CT molecular complexity index is 1060. The van der Waals surface area contributed by atoms with E-state index in [1.54, 1.807) is 50.4 Å². The van der Waals surface area contributed by atoms with E-state index in [0.717, 1.165) is 15.7 Å². The van der Waals surface area contributed by atoms with Gasteiger partial charge in [-0.05, 0) is 36.4 Å². The zero-order valence-electron chi connectivity index (χ0n) is 15.0. The molecule has 0 amide bonds. The first kappa shape index (κ1) is 19.2. The molecule has 0 aliphatic carbocycles. The average molecular weight is 448 g/mol. The van der Waals surface area contributed by atoms with Crippen LogP contribution < -0.4 is 14.3 Å². The molecule has 0 fully saturated rings. The van der Waals surface area contributed by atoms with E-state index in [2.05, 4.69) is 26.0 Å². The number of phenolic OH excluding ortho intramolecular Hbond substituents is 1. The highest BCUT2D eigenvalue weighted by molar-refractivity contribution is 9.10. The second-order valence-corrected chi connectivity index (χ2v) is 7.21. The highest BCUT2D eigenvalue weighted by Crippen LogP contribution is 2.33. The summed E-state index contributed by atoms with van der Waals surface area (Å²) in [6.45, 7) is 0. The van der Waals surface area contributed by atoms with Gasteiger partial charge in [-0.3, -0.25) is 4.99 Å². The van der Waals surface area contributed by atoms with Gasteiger partial charge in [-0.1, -0.05) is 15.9 Å². The van der Waals surface area contributed by atoms with Crippen molar-refractivity contribution >= 4 is 33.5 Å². The normalized spacial score (nSPS) is 11.9. The van der Waals surface area contributed by atoms with Gasteiger partial charge >= 0.3 is 0 Å². The minimum atomic E-state index is 0.147. The van der Waals surface area contributed by atoms with Gasteiger partial charge in [0, 0.05) is 28.0 Å². The zero-order valence-corrected chi connectivity index (χ0v) is 17.4. The van der Waals surface area contributed by atoms with Crippen LogP contribution in [0.2, 0.25) is 0 Å². The molecule has 2 aromatic carbocycles. The van der Waals surface area contributed by atoms with Crippen LogP contribution in [-0.2, 0) is 0 Å². The van der Waals surface area contributed by atoms with Crippen molar-refractivity contribution < 1.29 is 14.6 Å². The molecule has 27 heavy (non-hydrogen) atoms. The van der Waals surface area contributed by atoms with E-state index in [1.165, 1.54) is 11.3 Å². The SMILES string of the molecule is CN=c1scc(-c2cc(OC)ccc2OC)n1N=Cc1cc(Br)ccc1O. The summed E-state index contributed by atoms with van der Waals surface area (Å²) in [5, 5.41) is 16.6. The molecule has 1 N–H and O–H groups in total. The molecule has 1 aromatic heterocycles. The number of aromatic nitrogens is 1. The Hall–Kier alpha value is -2.58. The van der Waals surface area contributed by atoms with Crippen molar-refractivity contribution in [3.63, 3.8) is 0 Å². The van der Waals surface area contributed by atoms with E-state index in [-0.39, 0.29) is 5.75 Å². The van der Waals surface area contributed by atoms with Crippen LogP contribution in [0.1, 0.15) is 5.56 Å². The molecule has 0 saturated carbocycles. The first-order chi connectivity index (χ1) is 13.1. The van der Waals surface area contributed by atoms with Gasteiger partial charge in [0.1, 0.15) is 17.2 Å². The van der Waals surface area contributed by atoms with Gasteiger partial charge in [-0.15, -0.1) is 11.3 Å². The van der Waals surface area contributed by atoms with E-state index in [0.29, 0.717) is 21.9 Å². The van der Waals surface area contributed by atoms with Crippen LogP contribution in [0.25, 0.3) is 11.3 Å². The Morgan fingerprint density at radius 2 is 1.96 bits per heavy atom. The number of hydrogen-bond acceptors (Lipinski definition) is 6. The number of phenols is 1. The lowest BCUT2D eigenvalue weighted by molar-refractivity contribution is 0.404. The molecule has 0 spiro atoms. The van der Waals surface area contributed by atoms with E-state index >= 15 is 0 Å². The van der Waals surface area contributed by atoms with Crippen LogP contribution in [0.5, 0.6) is 17.2 Å². The molecular formula is C19H18BrN3O3S. The molecular weight excluding hydrogens is 430 g/mol. The third-order valence-electron chi connectivity index (χ3n) is 3.86. The van der Waals surface area contributed by atoms with E-state index in [9.17, 15) is 5.11 Å². The highest BCUT2D eigenvalue weighted by Gasteiger charge is 2.14. The lowest BCUT2D eigenvalue weighted by Gasteiger charge is -2.11. The highest BCUT2D eigenvalue weighted by atomic mass is 79.9. The molecule has 0 unspecified atom stereocenters. The topological polar surface area (TPSA) is 68.3 Å². The second-order valence-electron chi connectivity index (χ2n) is 5.45. The van der Waals surface area contributed by atoms with Crippen LogP contribution in [0.4, 0.5) is 0 Å². The summed E-state index contributed by atoms with van der Waals surface area (Å²) in [5.74, 6) is 1.56. The van der Waals surface area contributed by atoms with Crippen molar-refractivity contribution in [2.24, 2.45) is 10.1 Å². The maximum atomic E-state index is 10.0. The van der Waals surface area contributed by atoms with Crippen LogP contribution in [0.15, 0.2) is 56.3 Å². The largest absolute Gasteiger partial charge is 0.507 e. The summed E-state index contributed by atoms with van der Waals surface area (Å²) in [4.78, 5) is 5.00. The summed E-state index contributed by atoms with van der Waals surface area (Å²) in [5.41, 5.74) is 2.23. The lowest BCUT2D eigenvalue weighted by atomic mass is 10.1. The Labute approximate surface area is 169 Å². The Morgan fingerprint density at radius 1 is 1.15 bits per heavy atom. The molecule has 3 rings (SSSR count). The second kappa shape index (κ2) is 8.41. The molecule has 0 saturated heterocycles. The Balaban J connectivity index is 2.15. The smallest absolute Gasteiger partial charge is 0.205 e. The number of hydrogen-bond donors (Lipinski definition) is 1. The molecule has 0 aliphatic rings. The predicted octanol–water partition coefficient (Wildman–Crippen LogP) is 4.11. The third-order valence-corrected chi connectivity index (χ3v) is 5.26. The van der Waals surface area contributed by atoms with Crippen molar-refractivity contribution in [2.75, 3.05) is 21.3 Å². The van der Waals surface area contributed by atoms with Crippen molar-refractivity contribution in [1.82, 2.24) is 4.68 Å². The lowest BCUT2D eigenvalue weighted by Crippen LogP contribution is -2.11. The molecule has 3 aromatic rings. The standard InChI is InChI=1S/C19H18BrN3O3S/c1-21-19-23(22-10-12-8-13(20)4-6-17(12)24)16(11-27-19)15-9-14(25-2)5-7-18(15)26-3/h4-11,24H,1-3H3. The van der Waals surface area contributed by atoms with Crippen LogP contribution in [-0.4, -0.2) is 37.3 Å². The number of benzene rings is 2. The molecule has 1 heterocycles. The average Bonchev–Trinajstić information content (AvgIpc) is 3.10. The number of thiazole rings is 1. The van der Waals surface area contributed by atoms with E-state index in [1.807, 2.05) is 23.6 Å². The van der Waals surface area contributed by atoms with Crippen molar-refractivity contribution in [3.05, 3.63) is 56.6 Å². The summed E-state index contributed by atoms with van der Waals surface area (Å²) in [6.07, 6.45) is 1.59. The fraction of sp³-hybridized carbons (Fsp3) is 0.158. The van der Waals surface area contributed by atoms with Gasteiger partial charge in [0.15, 0.2) is 0 Å². The molecule has 8 heteroatoms. The van der Waals surface area contributed by atoms with Gasteiger partial charge in [0.05, 0.1) is 26.1 Å². The van der Waals surface area contributed by atoms with Crippen LogP contribution in [0, 0.1) is 0 Å².